The second-order valence-corrected chi connectivity index (χ2v) is 6.22. The van der Waals surface area contributed by atoms with Gasteiger partial charge in [-0.15, -0.1) is 0 Å². The third-order valence-electron chi connectivity index (χ3n) is 3.28. The molecular weight excluding hydrogens is 244 g/mol. The molecule has 19 heavy (non-hydrogen) atoms. The number of ether oxygens (including phenoxy) is 1. The molecule has 1 heterocycles. The summed E-state index contributed by atoms with van der Waals surface area (Å²) in [6.45, 7) is 8.95. The maximum absolute atomic E-state index is 11.8. The molecule has 0 radical (unpaired) electrons. The second-order valence-electron chi connectivity index (χ2n) is 6.22. The van der Waals surface area contributed by atoms with E-state index < -0.39 is 5.60 Å². The zero-order chi connectivity index (χ0) is 14.5. The molecule has 5 nitrogen and oxygen atoms in total. The minimum absolute atomic E-state index is 0.222. The minimum atomic E-state index is -0.451. The highest BCUT2D eigenvalue weighted by atomic mass is 16.6. The number of carbonyl (C=O) groups excluding carboxylic acids is 2. The summed E-state index contributed by atoms with van der Waals surface area (Å²) in [5.41, 5.74) is -0.451. The van der Waals surface area contributed by atoms with Gasteiger partial charge in [0.05, 0.1) is 0 Å². The number of carbonyl (C=O) groups is 2. The Bertz CT molecular complexity index is 304. The van der Waals surface area contributed by atoms with Crippen molar-refractivity contribution in [2.24, 2.45) is 5.92 Å². The van der Waals surface area contributed by atoms with Gasteiger partial charge < -0.3 is 19.3 Å². The normalized spacial score (nSPS) is 18.1. The molecule has 1 saturated heterocycles. The first kappa shape index (κ1) is 16.0. The van der Waals surface area contributed by atoms with Gasteiger partial charge in [0.25, 0.3) is 0 Å². The molecule has 1 rings (SSSR count). The largest absolute Gasteiger partial charge is 0.444 e. The Hall–Kier alpha value is -1.10. The fraction of sp³-hybridized carbons (Fsp3) is 0.857. The Morgan fingerprint density at radius 2 is 1.95 bits per heavy atom. The van der Waals surface area contributed by atoms with Crippen molar-refractivity contribution < 1.29 is 14.3 Å². The van der Waals surface area contributed by atoms with Gasteiger partial charge in [-0.1, -0.05) is 0 Å². The molecule has 0 aromatic carbocycles. The highest BCUT2D eigenvalue weighted by Gasteiger charge is 2.21. The molecule has 0 unspecified atom stereocenters. The predicted octanol–water partition coefficient (Wildman–Crippen LogP) is 1.76. The number of rotatable bonds is 4. The molecule has 0 bridgehead atoms. The van der Waals surface area contributed by atoms with Crippen LogP contribution in [0.2, 0.25) is 0 Å². The van der Waals surface area contributed by atoms with Crippen molar-refractivity contribution in [2.45, 2.75) is 39.2 Å². The van der Waals surface area contributed by atoms with Gasteiger partial charge >= 0.3 is 6.09 Å². The molecule has 0 spiro atoms. The summed E-state index contributed by atoms with van der Waals surface area (Å²) in [4.78, 5) is 26.3. The van der Waals surface area contributed by atoms with Crippen LogP contribution in [0.1, 0.15) is 33.6 Å². The minimum Gasteiger partial charge on any atom is -0.444 e. The maximum atomic E-state index is 11.8. The van der Waals surface area contributed by atoms with Gasteiger partial charge in [-0.05, 0) is 46.7 Å². The number of piperidine rings is 1. The number of nitrogens with zero attached hydrogens (tertiary/aromatic N) is 2. The van der Waals surface area contributed by atoms with E-state index in [1.165, 1.54) is 0 Å². The molecule has 0 aromatic rings. The first-order valence-electron chi connectivity index (χ1n) is 6.93. The van der Waals surface area contributed by atoms with Gasteiger partial charge in [0.15, 0.2) is 0 Å². The van der Waals surface area contributed by atoms with Gasteiger partial charge in [-0.25, -0.2) is 4.79 Å². The number of likely N-dealkylation sites (tertiary alicyclic amines) is 1. The van der Waals surface area contributed by atoms with E-state index in [0.717, 1.165) is 38.8 Å². The van der Waals surface area contributed by atoms with Crippen molar-refractivity contribution in [3.63, 3.8) is 0 Å². The highest BCUT2D eigenvalue weighted by molar-refractivity contribution is 5.67. The summed E-state index contributed by atoms with van der Waals surface area (Å²) in [6, 6.07) is 0. The lowest BCUT2D eigenvalue weighted by molar-refractivity contribution is -0.112. The quantitative estimate of drug-likeness (QED) is 0.730. The van der Waals surface area contributed by atoms with Crippen LogP contribution in [0.4, 0.5) is 4.79 Å². The van der Waals surface area contributed by atoms with Crippen LogP contribution in [-0.4, -0.2) is 61.0 Å². The average Bonchev–Trinajstić information content (AvgIpc) is 2.34. The van der Waals surface area contributed by atoms with E-state index >= 15 is 0 Å². The molecule has 110 valence electrons. The summed E-state index contributed by atoms with van der Waals surface area (Å²) >= 11 is 0. The molecular formula is C14H26N2O3. The fourth-order valence-electron chi connectivity index (χ4n) is 2.04. The number of likely N-dealkylation sites (N-methyl/N-ethyl adjacent to an activating group) is 1. The van der Waals surface area contributed by atoms with Crippen LogP contribution >= 0.6 is 0 Å². The van der Waals surface area contributed by atoms with E-state index in [0.29, 0.717) is 6.54 Å². The first-order chi connectivity index (χ1) is 8.81. The van der Waals surface area contributed by atoms with E-state index in [9.17, 15) is 9.59 Å². The summed E-state index contributed by atoms with van der Waals surface area (Å²) in [5.74, 6) is 0.222. The topological polar surface area (TPSA) is 49.9 Å². The Labute approximate surface area is 115 Å². The SMILES string of the molecule is CN(CCN1CCC(C=O)CC1)C(=O)OC(C)(C)C. The van der Waals surface area contributed by atoms with Gasteiger partial charge in [0.1, 0.15) is 11.9 Å². The van der Waals surface area contributed by atoms with E-state index in [1.54, 1.807) is 11.9 Å². The average molecular weight is 270 g/mol. The van der Waals surface area contributed by atoms with Crippen molar-refractivity contribution >= 4 is 12.4 Å². The molecule has 1 aliphatic heterocycles. The van der Waals surface area contributed by atoms with Crippen molar-refractivity contribution in [1.82, 2.24) is 9.80 Å². The fourth-order valence-corrected chi connectivity index (χ4v) is 2.04. The monoisotopic (exact) mass is 270 g/mol. The summed E-state index contributed by atoms with van der Waals surface area (Å²) in [7, 11) is 1.76. The number of hydrogen-bond donors (Lipinski definition) is 0. The zero-order valence-corrected chi connectivity index (χ0v) is 12.5. The standard InChI is InChI=1S/C14H26N2O3/c1-14(2,3)19-13(18)15(4)9-10-16-7-5-12(11-17)6-8-16/h11-12H,5-10H2,1-4H3. The van der Waals surface area contributed by atoms with Gasteiger partial charge in [-0.2, -0.15) is 0 Å². The molecule has 0 N–H and O–H groups in total. The van der Waals surface area contributed by atoms with Gasteiger partial charge in [-0.3, -0.25) is 0 Å². The van der Waals surface area contributed by atoms with Gasteiger partial charge in [0.2, 0.25) is 0 Å². The molecule has 5 heteroatoms. The molecule has 0 saturated carbocycles. The van der Waals surface area contributed by atoms with Crippen LogP contribution in [0.25, 0.3) is 0 Å². The lowest BCUT2D eigenvalue weighted by Gasteiger charge is -2.31. The van der Waals surface area contributed by atoms with E-state index in [2.05, 4.69) is 4.90 Å². The number of amides is 1. The third-order valence-corrected chi connectivity index (χ3v) is 3.28. The van der Waals surface area contributed by atoms with Crippen LogP contribution < -0.4 is 0 Å². The van der Waals surface area contributed by atoms with E-state index in [1.807, 2.05) is 20.8 Å². The third kappa shape index (κ3) is 6.05. The van der Waals surface area contributed by atoms with Crippen LogP contribution in [-0.2, 0) is 9.53 Å². The molecule has 0 aliphatic carbocycles. The van der Waals surface area contributed by atoms with Crippen molar-refractivity contribution in [2.75, 3.05) is 33.2 Å². The molecule has 0 aromatic heterocycles. The Morgan fingerprint density at radius 1 is 1.37 bits per heavy atom. The van der Waals surface area contributed by atoms with Crippen molar-refractivity contribution in [3.8, 4) is 0 Å². The lowest BCUT2D eigenvalue weighted by Crippen LogP contribution is -2.42. The Morgan fingerprint density at radius 3 is 2.42 bits per heavy atom. The zero-order valence-electron chi connectivity index (χ0n) is 12.5. The van der Waals surface area contributed by atoms with Crippen molar-refractivity contribution in [3.05, 3.63) is 0 Å². The summed E-state index contributed by atoms with van der Waals surface area (Å²) < 4.78 is 5.30. The predicted molar refractivity (Wildman–Crippen MR) is 74.1 cm³/mol. The molecule has 1 aliphatic rings. The highest BCUT2D eigenvalue weighted by Crippen LogP contribution is 2.14. The van der Waals surface area contributed by atoms with Crippen molar-refractivity contribution in [1.29, 1.82) is 0 Å². The van der Waals surface area contributed by atoms with Crippen LogP contribution in [0, 0.1) is 5.92 Å². The van der Waals surface area contributed by atoms with Crippen LogP contribution in [0.5, 0.6) is 0 Å². The Kier molecular flexibility index (Phi) is 5.79. The van der Waals surface area contributed by atoms with E-state index in [-0.39, 0.29) is 12.0 Å². The molecule has 1 amide bonds. The number of hydrogen-bond acceptors (Lipinski definition) is 4. The second kappa shape index (κ2) is 6.89. The van der Waals surface area contributed by atoms with Crippen LogP contribution in [0.15, 0.2) is 0 Å². The maximum Gasteiger partial charge on any atom is 0.410 e. The van der Waals surface area contributed by atoms with E-state index in [4.69, 9.17) is 4.74 Å². The van der Waals surface area contributed by atoms with Gasteiger partial charge in [0, 0.05) is 26.1 Å². The van der Waals surface area contributed by atoms with Crippen LogP contribution in [0.3, 0.4) is 0 Å². The molecule has 0 atom stereocenters. The molecule has 1 fully saturated rings. The smallest absolute Gasteiger partial charge is 0.410 e. The number of aldehydes is 1. The summed E-state index contributed by atoms with van der Waals surface area (Å²) in [5, 5.41) is 0. The first-order valence-corrected chi connectivity index (χ1v) is 6.93. The summed E-state index contributed by atoms with van der Waals surface area (Å²) in [6.07, 6.45) is 2.64. The Balaban J connectivity index is 2.25. The lowest BCUT2D eigenvalue weighted by atomic mass is 9.99.